The number of halogens is 1. The molecule has 6 nitrogen and oxygen atoms in total. The van der Waals surface area contributed by atoms with Gasteiger partial charge in [0.1, 0.15) is 17.8 Å². The van der Waals surface area contributed by atoms with E-state index in [0.29, 0.717) is 29.2 Å². The van der Waals surface area contributed by atoms with Gasteiger partial charge in [0.25, 0.3) is 0 Å². The second-order valence-electron chi connectivity index (χ2n) is 5.10. The molecule has 2 aromatic rings. The normalized spacial score (nSPS) is 15.1. The first-order valence-electron chi connectivity index (χ1n) is 6.98. The fraction of sp³-hybridized carbons (Fsp3) is 0.357. The van der Waals surface area contributed by atoms with Gasteiger partial charge in [0, 0.05) is 16.7 Å². The van der Waals surface area contributed by atoms with E-state index in [4.69, 9.17) is 5.73 Å². The molecule has 3 rings (SSSR count). The second-order valence-corrected chi connectivity index (χ2v) is 6.01. The van der Waals surface area contributed by atoms with Crippen molar-refractivity contribution in [1.82, 2.24) is 15.0 Å². The first-order valence-corrected chi connectivity index (χ1v) is 7.77. The fourth-order valence-electron chi connectivity index (χ4n) is 2.44. The Labute approximate surface area is 131 Å². The lowest BCUT2D eigenvalue weighted by Gasteiger charge is -2.16. The summed E-state index contributed by atoms with van der Waals surface area (Å²) in [7, 11) is 0. The number of nitrogen functional groups attached to an aromatic ring is 1. The number of anilines is 4. The van der Waals surface area contributed by atoms with Gasteiger partial charge in [-0.25, -0.2) is 15.0 Å². The molecule has 1 fully saturated rings. The van der Waals surface area contributed by atoms with E-state index >= 15 is 0 Å². The zero-order chi connectivity index (χ0) is 14.7. The van der Waals surface area contributed by atoms with E-state index in [0.717, 1.165) is 4.47 Å². The molecule has 0 amide bonds. The zero-order valence-electron chi connectivity index (χ0n) is 11.5. The highest BCUT2D eigenvalue weighted by Crippen LogP contribution is 2.28. The molecule has 0 aromatic carbocycles. The maximum atomic E-state index is 6.15. The molecule has 1 saturated carbocycles. The molecular weight excluding hydrogens is 332 g/mol. The lowest BCUT2D eigenvalue weighted by Crippen LogP contribution is -2.17. The third kappa shape index (κ3) is 3.41. The molecule has 0 unspecified atom stereocenters. The smallest absolute Gasteiger partial charge is 0.160 e. The van der Waals surface area contributed by atoms with Gasteiger partial charge in [0.2, 0.25) is 0 Å². The number of nitrogens with zero attached hydrogens (tertiary/aromatic N) is 3. The molecule has 0 aliphatic heterocycles. The van der Waals surface area contributed by atoms with Gasteiger partial charge in [-0.1, -0.05) is 12.8 Å². The Morgan fingerprint density at radius 3 is 2.57 bits per heavy atom. The van der Waals surface area contributed by atoms with Crippen molar-refractivity contribution < 1.29 is 0 Å². The Bertz CT molecular complexity index is 609. The summed E-state index contributed by atoms with van der Waals surface area (Å²) in [6, 6.07) is 4.22. The second kappa shape index (κ2) is 6.26. The third-order valence-corrected chi connectivity index (χ3v) is 4.02. The van der Waals surface area contributed by atoms with Crippen LogP contribution in [0.5, 0.6) is 0 Å². The largest absolute Gasteiger partial charge is 0.393 e. The predicted octanol–water partition coefficient (Wildman–Crippen LogP) is 3.31. The minimum atomic E-state index is 0.459. The number of hydrogen-bond acceptors (Lipinski definition) is 6. The monoisotopic (exact) mass is 348 g/mol. The van der Waals surface area contributed by atoms with Gasteiger partial charge in [0.05, 0.1) is 0 Å². The lowest BCUT2D eigenvalue weighted by atomic mass is 10.2. The van der Waals surface area contributed by atoms with Crippen molar-refractivity contribution in [3.05, 3.63) is 29.1 Å². The van der Waals surface area contributed by atoms with Crippen LogP contribution in [0.25, 0.3) is 0 Å². The maximum Gasteiger partial charge on any atom is 0.160 e. The van der Waals surface area contributed by atoms with Gasteiger partial charge in [-0.15, -0.1) is 0 Å². The van der Waals surface area contributed by atoms with Gasteiger partial charge in [-0.05, 0) is 40.9 Å². The van der Waals surface area contributed by atoms with E-state index < -0.39 is 0 Å². The molecule has 21 heavy (non-hydrogen) atoms. The van der Waals surface area contributed by atoms with E-state index in [1.165, 1.54) is 32.0 Å². The molecule has 4 N–H and O–H groups in total. The molecule has 110 valence electrons. The summed E-state index contributed by atoms with van der Waals surface area (Å²) in [5, 5.41) is 6.52. The summed E-state index contributed by atoms with van der Waals surface area (Å²) in [6.07, 6.45) is 8.08. The van der Waals surface area contributed by atoms with Crippen molar-refractivity contribution in [3.63, 3.8) is 0 Å². The fourth-order valence-corrected chi connectivity index (χ4v) is 2.68. The summed E-state index contributed by atoms with van der Waals surface area (Å²) in [4.78, 5) is 12.7. The van der Waals surface area contributed by atoms with E-state index in [1.807, 2.05) is 12.1 Å². The maximum absolute atomic E-state index is 6.15. The summed E-state index contributed by atoms with van der Waals surface area (Å²) in [5.41, 5.74) is 6.67. The van der Waals surface area contributed by atoms with Crippen molar-refractivity contribution >= 4 is 39.1 Å². The molecule has 2 aromatic heterocycles. The molecule has 0 atom stereocenters. The number of rotatable bonds is 4. The van der Waals surface area contributed by atoms with Crippen LogP contribution in [0, 0.1) is 0 Å². The molecule has 0 saturated heterocycles. The summed E-state index contributed by atoms with van der Waals surface area (Å²) >= 11 is 3.36. The van der Waals surface area contributed by atoms with Gasteiger partial charge in [-0.2, -0.15) is 0 Å². The van der Waals surface area contributed by atoms with Crippen LogP contribution in [0.1, 0.15) is 25.7 Å². The lowest BCUT2D eigenvalue weighted by molar-refractivity contribution is 0.750. The van der Waals surface area contributed by atoms with Crippen molar-refractivity contribution in [2.45, 2.75) is 31.7 Å². The van der Waals surface area contributed by atoms with Crippen LogP contribution >= 0.6 is 15.9 Å². The molecule has 1 aliphatic carbocycles. The first kappa shape index (κ1) is 14.1. The molecule has 1 aliphatic rings. The number of nitrogens with one attached hydrogen (secondary N) is 2. The standard InChI is InChI=1S/C14H17BrN6/c15-9-5-6-11(17-7-9)21-14-12(16)13(18-8-19-14)20-10-3-1-2-4-10/h5-8,10H,1-4,16H2,(H2,17,18,19,20,21). The van der Waals surface area contributed by atoms with Crippen LogP contribution < -0.4 is 16.4 Å². The summed E-state index contributed by atoms with van der Waals surface area (Å²) < 4.78 is 0.923. The third-order valence-electron chi connectivity index (χ3n) is 3.55. The highest BCUT2D eigenvalue weighted by atomic mass is 79.9. The highest BCUT2D eigenvalue weighted by molar-refractivity contribution is 9.10. The van der Waals surface area contributed by atoms with E-state index in [1.54, 1.807) is 6.20 Å². The predicted molar refractivity (Wildman–Crippen MR) is 87.5 cm³/mol. The van der Waals surface area contributed by atoms with Gasteiger partial charge < -0.3 is 16.4 Å². The topological polar surface area (TPSA) is 88.8 Å². The Morgan fingerprint density at radius 2 is 1.86 bits per heavy atom. The van der Waals surface area contributed by atoms with Gasteiger partial charge in [-0.3, -0.25) is 0 Å². The molecule has 2 heterocycles. The van der Waals surface area contributed by atoms with Crippen molar-refractivity contribution in [1.29, 1.82) is 0 Å². The van der Waals surface area contributed by atoms with Crippen LogP contribution in [0.4, 0.5) is 23.1 Å². The van der Waals surface area contributed by atoms with Crippen LogP contribution in [-0.2, 0) is 0 Å². The average Bonchev–Trinajstić information content (AvgIpc) is 2.99. The van der Waals surface area contributed by atoms with Crippen molar-refractivity contribution in [3.8, 4) is 0 Å². The minimum Gasteiger partial charge on any atom is -0.393 e. The van der Waals surface area contributed by atoms with Crippen molar-refractivity contribution in [2.75, 3.05) is 16.4 Å². The van der Waals surface area contributed by atoms with E-state index in [2.05, 4.69) is 41.5 Å². The minimum absolute atomic E-state index is 0.459. The zero-order valence-corrected chi connectivity index (χ0v) is 13.1. The van der Waals surface area contributed by atoms with Crippen LogP contribution in [0.3, 0.4) is 0 Å². The Kier molecular flexibility index (Phi) is 4.19. The molecule has 0 bridgehead atoms. The number of hydrogen-bond donors (Lipinski definition) is 3. The Hall–Kier alpha value is -1.89. The quantitative estimate of drug-likeness (QED) is 0.785. The first-order chi connectivity index (χ1) is 10.2. The van der Waals surface area contributed by atoms with Gasteiger partial charge in [0.15, 0.2) is 11.6 Å². The van der Waals surface area contributed by atoms with E-state index in [-0.39, 0.29) is 0 Å². The molecule has 0 radical (unpaired) electrons. The highest BCUT2D eigenvalue weighted by Gasteiger charge is 2.17. The summed E-state index contributed by atoms with van der Waals surface area (Å²) in [6.45, 7) is 0. The van der Waals surface area contributed by atoms with Crippen LogP contribution in [0.15, 0.2) is 29.1 Å². The van der Waals surface area contributed by atoms with Crippen LogP contribution in [0.2, 0.25) is 0 Å². The average molecular weight is 349 g/mol. The summed E-state index contributed by atoms with van der Waals surface area (Å²) in [5.74, 6) is 1.95. The van der Waals surface area contributed by atoms with Crippen LogP contribution in [-0.4, -0.2) is 21.0 Å². The number of pyridine rings is 1. The van der Waals surface area contributed by atoms with Gasteiger partial charge >= 0.3 is 0 Å². The number of nitrogens with two attached hydrogens (primary N) is 1. The SMILES string of the molecule is Nc1c(Nc2ccc(Br)cn2)ncnc1NC1CCCC1. The van der Waals surface area contributed by atoms with Crippen molar-refractivity contribution in [2.24, 2.45) is 0 Å². The molecule has 7 heteroatoms. The van der Waals surface area contributed by atoms with E-state index in [9.17, 15) is 0 Å². The molecule has 0 spiro atoms. The number of aromatic nitrogens is 3. The Balaban J connectivity index is 1.77. The molecular formula is C14H17BrN6. The Morgan fingerprint density at radius 1 is 1.10 bits per heavy atom.